The van der Waals surface area contributed by atoms with Gasteiger partial charge < -0.3 is 23.5 Å². The molecule has 5 aromatic rings. The molecule has 0 unspecified atom stereocenters. The molecule has 4 aromatic carbocycles. The number of hydrogen-bond donors (Lipinski definition) is 0. The molecule has 0 radical (unpaired) electrons. The fraction of sp³-hybridized carbons (Fsp3) is 0.250. The molecule has 7 heteroatoms. The molecule has 0 amide bonds. The first kappa shape index (κ1) is 31.7. The number of ether oxygens (including phenoxy) is 4. The van der Waals surface area contributed by atoms with Crippen molar-refractivity contribution in [3.8, 4) is 28.3 Å². The maximum absolute atomic E-state index is 11.4. The predicted octanol–water partition coefficient (Wildman–Crippen LogP) is 8.33. The highest BCUT2D eigenvalue weighted by Gasteiger charge is 2.26. The minimum Gasteiger partial charge on any atom is -0.493 e. The van der Waals surface area contributed by atoms with Gasteiger partial charge in [-0.05, 0) is 66.5 Å². The fourth-order valence-electron chi connectivity index (χ4n) is 6.27. The van der Waals surface area contributed by atoms with E-state index in [1.54, 1.807) is 0 Å². The number of carbonyl (C=O) groups excluding carboxylic acids is 2. The molecule has 0 aliphatic heterocycles. The number of unbranched alkanes of at least 4 members (excludes halogenated alkanes) is 2. The number of benzene rings is 4. The van der Waals surface area contributed by atoms with Crippen molar-refractivity contribution >= 4 is 33.6 Å². The summed E-state index contributed by atoms with van der Waals surface area (Å²) < 4.78 is 25.1. The Kier molecular flexibility index (Phi) is 10.0. The summed E-state index contributed by atoms with van der Waals surface area (Å²) in [6.07, 6.45) is 7.01. The minimum absolute atomic E-state index is 0.321. The van der Waals surface area contributed by atoms with Crippen LogP contribution in [0, 0.1) is 0 Å². The van der Waals surface area contributed by atoms with Crippen LogP contribution in [0.15, 0.2) is 104 Å². The molecular weight excluding hydrogens is 590 g/mol. The highest BCUT2D eigenvalue weighted by Crippen LogP contribution is 2.45. The van der Waals surface area contributed by atoms with Crippen LogP contribution < -0.4 is 9.47 Å². The molecule has 0 saturated heterocycles. The number of esters is 2. The number of hydrogen-bond acceptors (Lipinski definition) is 6. The van der Waals surface area contributed by atoms with Crippen LogP contribution in [-0.4, -0.2) is 42.9 Å². The number of fused-ring (bicyclic) bond motifs is 7. The maximum atomic E-state index is 11.4. The van der Waals surface area contributed by atoms with Gasteiger partial charge in [-0.3, -0.25) is 0 Å². The molecule has 0 spiro atoms. The summed E-state index contributed by atoms with van der Waals surface area (Å²) in [7, 11) is 0. The molecule has 1 aliphatic carbocycles. The van der Waals surface area contributed by atoms with E-state index in [9.17, 15) is 9.59 Å². The van der Waals surface area contributed by atoms with Crippen molar-refractivity contribution in [3.05, 3.63) is 115 Å². The van der Waals surface area contributed by atoms with Gasteiger partial charge in [0.1, 0.15) is 11.5 Å². The van der Waals surface area contributed by atoms with Gasteiger partial charge in [0.05, 0.1) is 37.6 Å². The summed E-state index contributed by atoms with van der Waals surface area (Å²) in [5, 5.41) is 3.69. The lowest BCUT2D eigenvalue weighted by molar-refractivity contribution is -0.138. The Hall–Kier alpha value is -5.30. The van der Waals surface area contributed by atoms with Crippen molar-refractivity contribution in [1.29, 1.82) is 0 Å². The molecule has 0 atom stereocenters. The summed E-state index contributed by atoms with van der Waals surface area (Å²) in [6, 6.07) is 27.8. The summed E-state index contributed by atoms with van der Waals surface area (Å²) in [6.45, 7) is 8.44. The Bertz CT molecular complexity index is 1890. The van der Waals surface area contributed by atoms with E-state index in [2.05, 4.69) is 90.5 Å². The van der Waals surface area contributed by atoms with Crippen LogP contribution in [-0.2, 0) is 31.9 Å². The SMILES string of the molecule is C=CC(=O)OCCCCOc1cc(OCCCCOC(=O)C=C)cc(-n2c3c(c4c5ccccc5ccc42)-c2ccccc2CC3)c1. The molecule has 0 bridgehead atoms. The Balaban J connectivity index is 1.35. The van der Waals surface area contributed by atoms with Gasteiger partial charge in [-0.15, -0.1) is 0 Å². The fourth-order valence-corrected chi connectivity index (χ4v) is 6.27. The lowest BCUT2D eigenvalue weighted by atomic mass is 9.87. The van der Waals surface area contributed by atoms with E-state index < -0.39 is 11.9 Å². The molecule has 1 aromatic heterocycles. The summed E-state index contributed by atoms with van der Waals surface area (Å²) in [4.78, 5) is 22.7. The zero-order valence-electron chi connectivity index (χ0n) is 26.5. The third-order valence-electron chi connectivity index (χ3n) is 8.43. The number of carbonyl (C=O) groups is 2. The first-order valence-corrected chi connectivity index (χ1v) is 16.2. The number of nitrogens with zero attached hydrogens (tertiary/aromatic N) is 1. The van der Waals surface area contributed by atoms with E-state index in [0.717, 1.165) is 36.9 Å². The van der Waals surface area contributed by atoms with E-state index >= 15 is 0 Å². The van der Waals surface area contributed by atoms with Crippen LogP contribution in [0.25, 0.3) is 38.5 Å². The van der Waals surface area contributed by atoms with Crippen molar-refractivity contribution in [1.82, 2.24) is 4.57 Å². The lowest BCUT2D eigenvalue weighted by Crippen LogP contribution is -2.09. The molecule has 0 fully saturated rings. The normalized spacial score (nSPS) is 11.8. The van der Waals surface area contributed by atoms with Gasteiger partial charge in [0, 0.05) is 47.0 Å². The van der Waals surface area contributed by atoms with Crippen LogP contribution in [0.3, 0.4) is 0 Å². The van der Waals surface area contributed by atoms with Crippen LogP contribution in [0.4, 0.5) is 0 Å². The van der Waals surface area contributed by atoms with Crippen LogP contribution in [0.2, 0.25) is 0 Å². The van der Waals surface area contributed by atoms with E-state index in [0.29, 0.717) is 50.8 Å². The average molecular weight is 630 g/mol. The Morgan fingerprint density at radius 1 is 0.702 bits per heavy atom. The second kappa shape index (κ2) is 14.9. The monoisotopic (exact) mass is 629 g/mol. The van der Waals surface area contributed by atoms with Gasteiger partial charge >= 0.3 is 11.9 Å². The van der Waals surface area contributed by atoms with Crippen LogP contribution in [0.5, 0.6) is 11.5 Å². The Morgan fingerprint density at radius 2 is 1.32 bits per heavy atom. The highest BCUT2D eigenvalue weighted by molar-refractivity contribution is 6.16. The van der Waals surface area contributed by atoms with E-state index in [-0.39, 0.29) is 0 Å². The van der Waals surface area contributed by atoms with Gasteiger partial charge in [0.2, 0.25) is 0 Å². The zero-order chi connectivity index (χ0) is 32.6. The number of aromatic nitrogens is 1. The van der Waals surface area contributed by atoms with Crippen molar-refractivity contribution in [2.45, 2.75) is 38.5 Å². The molecule has 6 rings (SSSR count). The van der Waals surface area contributed by atoms with Crippen LogP contribution >= 0.6 is 0 Å². The first-order chi connectivity index (χ1) is 23.1. The summed E-state index contributed by atoms with van der Waals surface area (Å²) in [5.74, 6) is 0.565. The molecule has 1 heterocycles. The van der Waals surface area contributed by atoms with Crippen molar-refractivity contribution < 1.29 is 28.5 Å². The van der Waals surface area contributed by atoms with Gasteiger partial charge in [-0.25, -0.2) is 9.59 Å². The summed E-state index contributed by atoms with van der Waals surface area (Å²) in [5.41, 5.74) is 7.32. The smallest absolute Gasteiger partial charge is 0.330 e. The predicted molar refractivity (Wildman–Crippen MR) is 185 cm³/mol. The molecular formula is C40H39NO6. The van der Waals surface area contributed by atoms with E-state index in [1.165, 1.54) is 50.7 Å². The molecule has 0 N–H and O–H groups in total. The third kappa shape index (κ3) is 7.09. The number of aryl methyl sites for hydroxylation is 1. The molecule has 47 heavy (non-hydrogen) atoms. The minimum atomic E-state index is -0.419. The lowest BCUT2D eigenvalue weighted by Gasteiger charge is -2.20. The molecule has 7 nitrogen and oxygen atoms in total. The topological polar surface area (TPSA) is 76.0 Å². The van der Waals surface area contributed by atoms with Crippen molar-refractivity contribution in [2.24, 2.45) is 0 Å². The maximum Gasteiger partial charge on any atom is 0.330 e. The van der Waals surface area contributed by atoms with Gasteiger partial charge in [0.15, 0.2) is 0 Å². The summed E-state index contributed by atoms with van der Waals surface area (Å²) >= 11 is 0. The van der Waals surface area contributed by atoms with Crippen LogP contribution in [0.1, 0.15) is 36.9 Å². The third-order valence-corrected chi connectivity index (χ3v) is 8.43. The first-order valence-electron chi connectivity index (χ1n) is 16.2. The largest absolute Gasteiger partial charge is 0.493 e. The van der Waals surface area contributed by atoms with Gasteiger partial charge in [-0.1, -0.05) is 67.8 Å². The van der Waals surface area contributed by atoms with Gasteiger partial charge in [0.25, 0.3) is 0 Å². The molecule has 0 saturated carbocycles. The average Bonchev–Trinajstić information content (AvgIpc) is 3.46. The Morgan fingerprint density at radius 3 is 2.00 bits per heavy atom. The molecule has 1 aliphatic rings. The second-order valence-electron chi connectivity index (χ2n) is 11.5. The zero-order valence-corrected chi connectivity index (χ0v) is 26.5. The molecule has 240 valence electrons. The van der Waals surface area contributed by atoms with Crippen molar-refractivity contribution in [3.63, 3.8) is 0 Å². The van der Waals surface area contributed by atoms with E-state index in [4.69, 9.17) is 18.9 Å². The highest BCUT2D eigenvalue weighted by atomic mass is 16.5. The van der Waals surface area contributed by atoms with Gasteiger partial charge in [-0.2, -0.15) is 0 Å². The van der Waals surface area contributed by atoms with E-state index in [1.807, 2.05) is 6.07 Å². The Labute approximate surface area is 275 Å². The number of rotatable bonds is 15. The quantitative estimate of drug-likeness (QED) is 0.0659. The van der Waals surface area contributed by atoms with Crippen molar-refractivity contribution in [2.75, 3.05) is 26.4 Å². The second-order valence-corrected chi connectivity index (χ2v) is 11.5. The standard InChI is InChI=1S/C40H39NO6/c1-3-37(42)46-23-11-9-21-44-31-25-30(26-32(27-31)45-22-10-12-24-47-38(43)4-2)41-35-19-17-28-13-5-7-15-33(28)39(35)40-34-16-8-6-14-29(34)18-20-36(40)41/h3-8,13-17,19,25-27H,1-2,9-12,18,20-24H2.